The Morgan fingerprint density at radius 3 is 2.08 bits per heavy atom. The number of hydrogen-bond donors (Lipinski definition) is 0. The van der Waals surface area contributed by atoms with E-state index in [1.807, 2.05) is 0 Å². The lowest BCUT2D eigenvalue weighted by Gasteiger charge is -2.09. The molecule has 2 aromatic carbocycles. The number of alkyl halides is 3. The molecule has 0 fully saturated rings. The Kier molecular flexibility index (Phi) is 5.13. The topological polar surface area (TPSA) is 69.7 Å². The lowest BCUT2D eigenvalue weighted by Crippen LogP contribution is -2.28. The van der Waals surface area contributed by atoms with Crippen LogP contribution in [0.25, 0.3) is 0 Å². The third-order valence-electron chi connectivity index (χ3n) is 2.79. The van der Waals surface area contributed by atoms with Gasteiger partial charge in [-0.1, -0.05) is 30.3 Å². The van der Waals surface area contributed by atoms with Gasteiger partial charge in [0, 0.05) is 0 Å². The van der Waals surface area contributed by atoms with E-state index in [2.05, 4.69) is 4.18 Å². The van der Waals surface area contributed by atoms with Crippen molar-refractivity contribution in [3.05, 3.63) is 65.7 Å². The van der Waals surface area contributed by atoms with Crippen LogP contribution in [0.5, 0.6) is 5.75 Å². The summed E-state index contributed by atoms with van der Waals surface area (Å²) < 4.78 is 67.3. The number of benzene rings is 2. The van der Waals surface area contributed by atoms with Crippen molar-refractivity contribution in [2.24, 2.45) is 0 Å². The Hall–Kier alpha value is -2.55. The highest BCUT2D eigenvalue weighted by Crippen LogP contribution is 2.27. The molecular weight excluding hydrogens is 349 g/mol. The van der Waals surface area contributed by atoms with Gasteiger partial charge in [-0.25, -0.2) is 4.79 Å². The van der Waals surface area contributed by atoms with Gasteiger partial charge in [0.1, 0.15) is 12.4 Å². The first-order chi connectivity index (χ1) is 11.2. The zero-order valence-electron chi connectivity index (χ0n) is 12.0. The number of rotatable bonds is 5. The molecule has 0 saturated carbocycles. The molecule has 0 radical (unpaired) electrons. The normalized spacial score (nSPS) is 11.8. The fourth-order valence-electron chi connectivity index (χ4n) is 1.63. The lowest BCUT2D eigenvalue weighted by atomic mass is 10.2. The average molecular weight is 360 g/mol. The van der Waals surface area contributed by atoms with E-state index in [4.69, 9.17) is 4.74 Å². The molecule has 0 unspecified atom stereocenters. The Bertz CT molecular complexity index is 799. The first-order valence-electron chi connectivity index (χ1n) is 6.51. The minimum Gasteiger partial charge on any atom is -0.457 e. The van der Waals surface area contributed by atoms with Gasteiger partial charge in [-0.3, -0.25) is 0 Å². The third-order valence-corrected chi connectivity index (χ3v) is 3.77. The average Bonchev–Trinajstić information content (AvgIpc) is 2.53. The maximum Gasteiger partial charge on any atom is 0.534 e. The van der Waals surface area contributed by atoms with E-state index in [0.717, 1.165) is 29.8 Å². The molecule has 0 saturated heterocycles. The second-order valence-electron chi connectivity index (χ2n) is 4.57. The predicted molar refractivity (Wildman–Crippen MR) is 77.6 cm³/mol. The molecule has 24 heavy (non-hydrogen) atoms. The molecule has 2 aromatic rings. The molecule has 128 valence electrons. The van der Waals surface area contributed by atoms with E-state index in [0.29, 0.717) is 0 Å². The summed E-state index contributed by atoms with van der Waals surface area (Å²) in [7, 11) is -5.75. The summed E-state index contributed by atoms with van der Waals surface area (Å²) in [5, 5.41) is 0. The van der Waals surface area contributed by atoms with Crippen molar-refractivity contribution >= 4 is 16.1 Å². The zero-order chi connectivity index (χ0) is 17.8. The van der Waals surface area contributed by atoms with Crippen LogP contribution in [-0.4, -0.2) is 19.9 Å². The molecule has 0 aromatic heterocycles. The van der Waals surface area contributed by atoms with Gasteiger partial charge in [-0.2, -0.15) is 21.6 Å². The number of hydrogen-bond acceptors (Lipinski definition) is 5. The number of ether oxygens (including phenoxy) is 1. The maximum atomic E-state index is 12.2. The molecule has 0 bridgehead atoms. The predicted octanol–water partition coefficient (Wildman–Crippen LogP) is 3.27. The summed E-state index contributed by atoms with van der Waals surface area (Å²) >= 11 is 0. The van der Waals surface area contributed by atoms with Gasteiger partial charge in [0.05, 0.1) is 5.56 Å². The van der Waals surface area contributed by atoms with E-state index in [1.54, 1.807) is 30.3 Å². The molecule has 0 aliphatic carbocycles. The molecule has 0 amide bonds. The van der Waals surface area contributed by atoms with Gasteiger partial charge in [-0.05, 0) is 29.8 Å². The summed E-state index contributed by atoms with van der Waals surface area (Å²) in [6.45, 7) is 0.0282. The van der Waals surface area contributed by atoms with Gasteiger partial charge in [0.2, 0.25) is 0 Å². The van der Waals surface area contributed by atoms with E-state index in [1.165, 1.54) is 0 Å². The Morgan fingerprint density at radius 2 is 1.54 bits per heavy atom. The summed E-state index contributed by atoms with van der Waals surface area (Å²) in [4.78, 5) is 11.8. The molecule has 0 heterocycles. The molecule has 0 spiro atoms. The van der Waals surface area contributed by atoms with Crippen LogP contribution in [0.4, 0.5) is 13.2 Å². The Labute approximate surface area is 135 Å². The molecule has 2 rings (SSSR count). The van der Waals surface area contributed by atoms with Gasteiger partial charge in [0.15, 0.2) is 0 Å². The highest BCUT2D eigenvalue weighted by Gasteiger charge is 2.48. The van der Waals surface area contributed by atoms with Gasteiger partial charge in [0.25, 0.3) is 0 Å². The van der Waals surface area contributed by atoms with Crippen molar-refractivity contribution in [2.45, 2.75) is 12.1 Å². The van der Waals surface area contributed by atoms with Gasteiger partial charge < -0.3 is 8.92 Å². The van der Waals surface area contributed by atoms with Crippen molar-refractivity contribution in [3.63, 3.8) is 0 Å². The van der Waals surface area contributed by atoms with Crippen LogP contribution >= 0.6 is 0 Å². The molecule has 0 aliphatic rings. The smallest absolute Gasteiger partial charge is 0.457 e. The summed E-state index contributed by atoms with van der Waals surface area (Å²) in [5.74, 6) is -1.27. The second-order valence-corrected chi connectivity index (χ2v) is 6.11. The molecular formula is C15H11F3O5S. The van der Waals surface area contributed by atoms with Crippen LogP contribution in [0.2, 0.25) is 0 Å². The molecule has 9 heteroatoms. The van der Waals surface area contributed by atoms with Crippen LogP contribution in [0.3, 0.4) is 0 Å². The van der Waals surface area contributed by atoms with Crippen LogP contribution in [0.1, 0.15) is 15.9 Å². The molecule has 0 aliphatic heterocycles. The van der Waals surface area contributed by atoms with E-state index in [9.17, 15) is 26.4 Å². The fourth-order valence-corrected chi connectivity index (χ4v) is 2.09. The van der Waals surface area contributed by atoms with Crippen LogP contribution in [0, 0.1) is 0 Å². The van der Waals surface area contributed by atoms with E-state index >= 15 is 0 Å². The summed E-state index contributed by atoms with van der Waals surface area (Å²) in [6.07, 6.45) is 0. The minimum atomic E-state index is -5.75. The van der Waals surface area contributed by atoms with Crippen LogP contribution in [0.15, 0.2) is 54.6 Å². The van der Waals surface area contributed by atoms with E-state index < -0.39 is 27.3 Å². The summed E-state index contributed by atoms with van der Waals surface area (Å²) in [6, 6.07) is 12.9. The first kappa shape index (κ1) is 17.8. The number of halogens is 3. The third kappa shape index (κ3) is 4.48. The van der Waals surface area contributed by atoms with Crippen LogP contribution in [-0.2, 0) is 21.5 Å². The molecule has 0 N–H and O–H groups in total. The Balaban J connectivity index is 2.00. The van der Waals surface area contributed by atoms with Crippen molar-refractivity contribution in [2.75, 3.05) is 0 Å². The highest BCUT2D eigenvalue weighted by molar-refractivity contribution is 7.88. The minimum absolute atomic E-state index is 0.0282. The number of carbonyl (C=O) groups is 1. The van der Waals surface area contributed by atoms with E-state index in [-0.39, 0.29) is 12.2 Å². The molecule has 0 atom stereocenters. The standard InChI is InChI=1S/C15H11F3O5S/c16-15(17,18)24(20,21)23-13-8-6-12(7-9-13)14(19)22-10-11-4-2-1-3-5-11/h1-9H,10H2. The van der Waals surface area contributed by atoms with Crippen molar-refractivity contribution < 1.29 is 35.3 Å². The number of esters is 1. The SMILES string of the molecule is O=C(OCc1ccccc1)c1ccc(OS(=O)(=O)C(F)(F)F)cc1. The maximum absolute atomic E-state index is 12.2. The largest absolute Gasteiger partial charge is 0.534 e. The molecule has 5 nitrogen and oxygen atoms in total. The van der Waals surface area contributed by atoms with Gasteiger partial charge >= 0.3 is 21.6 Å². The van der Waals surface area contributed by atoms with Crippen molar-refractivity contribution in [1.82, 2.24) is 0 Å². The van der Waals surface area contributed by atoms with Crippen molar-refractivity contribution in [3.8, 4) is 5.75 Å². The monoisotopic (exact) mass is 360 g/mol. The summed E-state index contributed by atoms with van der Waals surface area (Å²) in [5.41, 5.74) is -4.72. The quantitative estimate of drug-likeness (QED) is 0.465. The van der Waals surface area contributed by atoms with Gasteiger partial charge in [-0.15, -0.1) is 0 Å². The second kappa shape index (κ2) is 6.91. The number of carbonyl (C=O) groups excluding carboxylic acids is 1. The highest BCUT2D eigenvalue weighted by atomic mass is 32.2. The van der Waals surface area contributed by atoms with Crippen LogP contribution < -0.4 is 4.18 Å². The Morgan fingerprint density at radius 1 is 0.958 bits per heavy atom. The van der Waals surface area contributed by atoms with Crippen molar-refractivity contribution in [1.29, 1.82) is 0 Å². The first-order valence-corrected chi connectivity index (χ1v) is 7.92. The lowest BCUT2D eigenvalue weighted by molar-refractivity contribution is -0.0500. The zero-order valence-corrected chi connectivity index (χ0v) is 12.8. The fraction of sp³-hybridized carbons (Fsp3) is 0.133.